The minimum Gasteiger partial charge on any atom is -0.377 e. The molecule has 2 aliphatic heterocycles. The lowest BCUT2D eigenvalue weighted by Gasteiger charge is -2.38. The molecule has 1 saturated heterocycles. The van der Waals surface area contributed by atoms with E-state index < -0.39 is 0 Å². The fraction of sp³-hybridized carbons (Fsp3) is 0.609. The fourth-order valence-corrected chi connectivity index (χ4v) is 4.02. The van der Waals surface area contributed by atoms with Gasteiger partial charge in [-0.15, -0.1) is 24.0 Å². The Morgan fingerprint density at radius 1 is 1.28 bits per heavy atom. The largest absolute Gasteiger partial charge is 0.377 e. The van der Waals surface area contributed by atoms with Crippen molar-refractivity contribution in [2.24, 2.45) is 4.99 Å². The number of hydrogen-bond donors (Lipinski definition) is 2. The van der Waals surface area contributed by atoms with E-state index in [-0.39, 0.29) is 24.0 Å². The molecule has 0 spiro atoms. The average Bonchev–Trinajstić information content (AvgIpc) is 2.72. The minimum atomic E-state index is 0. The lowest BCUT2D eigenvalue weighted by atomic mass is 9.97. The van der Waals surface area contributed by atoms with E-state index >= 15 is 0 Å². The van der Waals surface area contributed by atoms with Gasteiger partial charge >= 0.3 is 0 Å². The Labute approximate surface area is 193 Å². The smallest absolute Gasteiger partial charge is 0.191 e. The van der Waals surface area contributed by atoms with Crippen LogP contribution in [-0.4, -0.2) is 55.8 Å². The van der Waals surface area contributed by atoms with E-state index in [9.17, 15) is 0 Å². The Kier molecular flexibility index (Phi) is 11.0. The zero-order valence-corrected chi connectivity index (χ0v) is 20.2. The third-order valence-corrected chi connectivity index (χ3v) is 5.69. The van der Waals surface area contributed by atoms with Gasteiger partial charge < -0.3 is 15.4 Å². The van der Waals surface area contributed by atoms with Crippen LogP contribution in [-0.2, 0) is 11.3 Å². The maximum atomic E-state index is 5.38. The first-order valence-electron chi connectivity index (χ1n) is 10.8. The number of nitrogens with zero attached hydrogens (tertiary/aromatic N) is 2. The zero-order chi connectivity index (χ0) is 19.6. The van der Waals surface area contributed by atoms with Crippen LogP contribution in [0.5, 0.6) is 0 Å². The molecule has 2 aliphatic rings. The number of piperidine rings is 1. The lowest BCUT2D eigenvalue weighted by molar-refractivity contribution is 0.134. The summed E-state index contributed by atoms with van der Waals surface area (Å²) in [6, 6.07) is 11.8. The summed E-state index contributed by atoms with van der Waals surface area (Å²) in [5.41, 5.74) is 2.88. The predicted octanol–water partition coefficient (Wildman–Crippen LogP) is 3.95. The van der Waals surface area contributed by atoms with Crippen LogP contribution in [0.4, 0.5) is 0 Å². The Balaban J connectivity index is 0.00000300. The number of guanidine groups is 1. The van der Waals surface area contributed by atoms with E-state index in [0.29, 0.717) is 12.1 Å². The first-order valence-corrected chi connectivity index (χ1v) is 10.8. The maximum Gasteiger partial charge on any atom is 0.191 e. The van der Waals surface area contributed by atoms with Gasteiger partial charge in [-0.05, 0) is 45.1 Å². The highest BCUT2D eigenvalue weighted by Crippen LogP contribution is 2.20. The van der Waals surface area contributed by atoms with Crippen LogP contribution in [0.25, 0.3) is 0 Å². The molecule has 0 bridgehead atoms. The van der Waals surface area contributed by atoms with Crippen LogP contribution in [0.3, 0.4) is 0 Å². The number of halogens is 1. The number of likely N-dealkylation sites (tertiary alicyclic amines) is 1. The van der Waals surface area contributed by atoms with Crippen LogP contribution >= 0.6 is 24.0 Å². The maximum absolute atomic E-state index is 5.38. The van der Waals surface area contributed by atoms with E-state index in [2.05, 4.69) is 65.8 Å². The molecule has 1 aromatic carbocycles. The second-order valence-corrected chi connectivity index (χ2v) is 7.87. The van der Waals surface area contributed by atoms with Gasteiger partial charge in [-0.25, -0.2) is 0 Å². The van der Waals surface area contributed by atoms with Crippen molar-refractivity contribution in [3.05, 3.63) is 47.5 Å². The molecule has 0 aromatic heterocycles. The number of benzene rings is 1. The first kappa shape index (κ1) is 24.2. The van der Waals surface area contributed by atoms with Gasteiger partial charge in [0.05, 0.1) is 13.2 Å². The lowest BCUT2D eigenvalue weighted by Crippen LogP contribution is -2.51. The molecule has 5 nitrogen and oxygen atoms in total. The molecule has 2 heterocycles. The summed E-state index contributed by atoms with van der Waals surface area (Å²) in [5, 5.41) is 7.09. The molecule has 0 radical (unpaired) electrons. The molecule has 0 saturated carbocycles. The van der Waals surface area contributed by atoms with Crippen LogP contribution in [0, 0.1) is 0 Å². The minimum absolute atomic E-state index is 0. The van der Waals surface area contributed by atoms with E-state index in [1.54, 1.807) is 0 Å². The van der Waals surface area contributed by atoms with Crippen molar-refractivity contribution in [2.75, 3.05) is 32.8 Å². The van der Waals surface area contributed by atoms with Gasteiger partial charge in [0.2, 0.25) is 0 Å². The molecule has 6 heteroatoms. The number of hydrogen-bond acceptors (Lipinski definition) is 3. The van der Waals surface area contributed by atoms with Gasteiger partial charge in [-0.1, -0.05) is 42.0 Å². The molecular weight excluding hydrogens is 475 g/mol. The molecule has 2 N–H and O–H groups in total. The number of aliphatic imine (C=N–C) groups is 1. The van der Waals surface area contributed by atoms with Crippen molar-refractivity contribution in [3.63, 3.8) is 0 Å². The highest BCUT2D eigenvalue weighted by molar-refractivity contribution is 14.0. The first-order chi connectivity index (χ1) is 13.7. The summed E-state index contributed by atoms with van der Waals surface area (Å²) in [6.45, 7) is 9.99. The number of nitrogens with one attached hydrogen (secondary N) is 2. The zero-order valence-electron chi connectivity index (χ0n) is 17.9. The Bertz CT molecular complexity index is 650. The summed E-state index contributed by atoms with van der Waals surface area (Å²) < 4.78 is 5.38. The third kappa shape index (κ3) is 8.26. The van der Waals surface area contributed by atoms with E-state index in [1.807, 2.05) is 0 Å². The van der Waals surface area contributed by atoms with E-state index in [4.69, 9.17) is 9.73 Å². The van der Waals surface area contributed by atoms with Gasteiger partial charge in [0.1, 0.15) is 0 Å². The summed E-state index contributed by atoms with van der Waals surface area (Å²) >= 11 is 0. The predicted molar refractivity (Wildman–Crippen MR) is 132 cm³/mol. The van der Waals surface area contributed by atoms with Gasteiger partial charge in [-0.3, -0.25) is 9.89 Å². The fourth-order valence-electron chi connectivity index (χ4n) is 4.02. The topological polar surface area (TPSA) is 48.9 Å². The SMILES string of the molecule is CCNC(=NCCC1=CCOCC1)NC1CCN(Cc2ccccc2)C(C)C1.I. The molecule has 29 heavy (non-hydrogen) atoms. The molecule has 2 atom stereocenters. The normalized spacial score (nSPS) is 23.1. The number of rotatable bonds is 7. The van der Waals surface area contributed by atoms with Crippen LogP contribution in [0.2, 0.25) is 0 Å². The highest BCUT2D eigenvalue weighted by atomic mass is 127. The van der Waals surface area contributed by atoms with Crippen molar-refractivity contribution in [1.82, 2.24) is 15.5 Å². The summed E-state index contributed by atoms with van der Waals surface area (Å²) in [4.78, 5) is 7.41. The number of ether oxygens (including phenoxy) is 1. The van der Waals surface area contributed by atoms with E-state index in [0.717, 1.165) is 71.0 Å². The second-order valence-electron chi connectivity index (χ2n) is 7.87. The monoisotopic (exact) mass is 512 g/mol. The summed E-state index contributed by atoms with van der Waals surface area (Å²) in [6.07, 6.45) is 6.61. The Morgan fingerprint density at radius 3 is 2.79 bits per heavy atom. The molecule has 3 rings (SSSR count). The van der Waals surface area contributed by atoms with Crippen LogP contribution in [0.15, 0.2) is 47.0 Å². The van der Waals surface area contributed by atoms with Gasteiger partial charge in [-0.2, -0.15) is 0 Å². The summed E-state index contributed by atoms with van der Waals surface area (Å²) in [7, 11) is 0. The Morgan fingerprint density at radius 2 is 2.10 bits per heavy atom. The van der Waals surface area contributed by atoms with Crippen LogP contribution < -0.4 is 10.6 Å². The highest BCUT2D eigenvalue weighted by Gasteiger charge is 2.25. The molecule has 162 valence electrons. The average molecular weight is 512 g/mol. The van der Waals surface area contributed by atoms with Gasteiger partial charge in [0.25, 0.3) is 0 Å². The van der Waals surface area contributed by atoms with Gasteiger partial charge in [0, 0.05) is 38.3 Å². The standard InChI is InChI=1S/C23H36N4O.HI/c1-3-24-23(25-13-9-20-11-15-28-16-12-20)26-22-10-14-27(19(2)17-22)18-21-7-5-4-6-8-21;/h4-8,11,19,22H,3,9-10,12-18H2,1-2H3,(H2,24,25,26);1H. The Hall–Kier alpha value is -1.12. The van der Waals surface area contributed by atoms with Gasteiger partial charge in [0.15, 0.2) is 5.96 Å². The molecule has 0 amide bonds. The van der Waals surface area contributed by atoms with Crippen molar-refractivity contribution >= 4 is 29.9 Å². The van der Waals surface area contributed by atoms with Crippen molar-refractivity contribution in [3.8, 4) is 0 Å². The summed E-state index contributed by atoms with van der Waals surface area (Å²) in [5.74, 6) is 0.962. The van der Waals surface area contributed by atoms with Crippen LogP contribution in [0.1, 0.15) is 45.1 Å². The molecular formula is C23H37IN4O. The van der Waals surface area contributed by atoms with Crippen molar-refractivity contribution in [1.29, 1.82) is 0 Å². The molecule has 1 fully saturated rings. The molecule has 1 aromatic rings. The quantitative estimate of drug-likeness (QED) is 0.252. The van der Waals surface area contributed by atoms with Crippen molar-refractivity contribution < 1.29 is 4.74 Å². The molecule has 0 aliphatic carbocycles. The second kappa shape index (κ2) is 13.2. The third-order valence-electron chi connectivity index (χ3n) is 5.69. The van der Waals surface area contributed by atoms with Crippen molar-refractivity contribution in [2.45, 2.75) is 58.2 Å². The van der Waals surface area contributed by atoms with E-state index in [1.165, 1.54) is 11.1 Å². The molecule has 2 unspecified atom stereocenters.